The van der Waals surface area contributed by atoms with Crippen LogP contribution in [0.4, 0.5) is 15.9 Å². The first-order valence-corrected chi connectivity index (χ1v) is 11.6. The summed E-state index contributed by atoms with van der Waals surface area (Å²) in [5, 5.41) is 7.56. The van der Waals surface area contributed by atoms with Gasteiger partial charge in [-0.15, -0.1) is 0 Å². The van der Waals surface area contributed by atoms with Crippen molar-refractivity contribution in [3.05, 3.63) is 65.4 Å². The molecule has 4 heterocycles. The number of nitrogen functional groups attached to an aromatic ring is 1. The van der Waals surface area contributed by atoms with Gasteiger partial charge >= 0.3 is 0 Å². The normalized spacial score (nSPS) is 18.5. The van der Waals surface area contributed by atoms with Crippen LogP contribution in [-0.2, 0) is 23.0 Å². The molecule has 2 aliphatic heterocycles. The van der Waals surface area contributed by atoms with Crippen LogP contribution in [0, 0.1) is 5.82 Å². The molecule has 166 valence electrons. The number of anilines is 2. The summed E-state index contributed by atoms with van der Waals surface area (Å²) in [6.07, 6.45) is 3.67. The van der Waals surface area contributed by atoms with Gasteiger partial charge in [-0.3, -0.25) is 9.78 Å². The van der Waals surface area contributed by atoms with Crippen LogP contribution in [-0.4, -0.2) is 46.5 Å². The number of benzene rings is 1. The summed E-state index contributed by atoms with van der Waals surface area (Å²) in [6.45, 7) is 0.804. The van der Waals surface area contributed by atoms with Gasteiger partial charge in [0.05, 0.1) is 23.1 Å². The molecule has 0 fully saturated rings. The maximum absolute atomic E-state index is 13.8. The molecule has 2 aromatic heterocycles. The second-order valence-corrected chi connectivity index (χ2v) is 9.77. The molecule has 2 aliphatic rings. The van der Waals surface area contributed by atoms with E-state index in [9.17, 15) is 17.6 Å². The first-order valence-electron chi connectivity index (χ1n) is 10.2. The fourth-order valence-electron chi connectivity index (χ4n) is 4.32. The molecule has 0 bridgehead atoms. The topological polar surface area (TPSA) is 123 Å². The standard InChI is InChI=1S/C21H21FN6O3S/c22-13-1-2-18-17(11-13)15(5-9-25-18)21(29)28-20(23)16-6-10-27(12-19(16)26-28)32(30,31)14-3-7-24-8-4-14/h1-4,7-8,11,15,25H,5-6,9-10,12,23H2. The zero-order valence-electron chi connectivity index (χ0n) is 17.0. The van der Waals surface area contributed by atoms with Gasteiger partial charge in [-0.1, -0.05) is 0 Å². The van der Waals surface area contributed by atoms with Crippen molar-refractivity contribution >= 4 is 27.4 Å². The zero-order valence-corrected chi connectivity index (χ0v) is 17.8. The van der Waals surface area contributed by atoms with Gasteiger partial charge in [0, 0.05) is 36.7 Å². The first-order chi connectivity index (χ1) is 15.4. The molecule has 1 atom stereocenters. The van der Waals surface area contributed by atoms with Crippen molar-refractivity contribution in [2.75, 3.05) is 24.1 Å². The average Bonchev–Trinajstić information content (AvgIpc) is 3.14. The fourth-order valence-corrected chi connectivity index (χ4v) is 5.71. The molecule has 1 aromatic carbocycles. The van der Waals surface area contributed by atoms with Crippen LogP contribution >= 0.6 is 0 Å². The molecule has 11 heteroatoms. The minimum atomic E-state index is -3.73. The maximum atomic E-state index is 13.8. The third-order valence-corrected chi connectivity index (χ3v) is 7.84. The second kappa shape index (κ2) is 7.68. The van der Waals surface area contributed by atoms with E-state index in [4.69, 9.17) is 5.73 Å². The molecule has 5 rings (SSSR count). The van der Waals surface area contributed by atoms with Crippen LogP contribution in [0.2, 0.25) is 0 Å². The van der Waals surface area contributed by atoms with Crippen LogP contribution in [0.25, 0.3) is 0 Å². The molecule has 1 unspecified atom stereocenters. The van der Waals surface area contributed by atoms with Crippen LogP contribution in [0.1, 0.15) is 34.0 Å². The molecule has 0 saturated heterocycles. The quantitative estimate of drug-likeness (QED) is 0.618. The number of nitrogens with one attached hydrogen (secondary N) is 1. The van der Waals surface area contributed by atoms with E-state index >= 15 is 0 Å². The average molecular weight is 457 g/mol. The second-order valence-electron chi connectivity index (χ2n) is 7.83. The molecule has 9 nitrogen and oxygen atoms in total. The van der Waals surface area contributed by atoms with Gasteiger partial charge in [-0.2, -0.15) is 14.1 Å². The van der Waals surface area contributed by atoms with Crippen molar-refractivity contribution in [2.24, 2.45) is 0 Å². The summed E-state index contributed by atoms with van der Waals surface area (Å²) in [5.74, 6) is -1.16. The first kappa shape index (κ1) is 20.6. The summed E-state index contributed by atoms with van der Waals surface area (Å²) < 4.78 is 42.2. The van der Waals surface area contributed by atoms with E-state index in [1.807, 2.05) is 0 Å². The molecule has 0 saturated carbocycles. The minimum absolute atomic E-state index is 0.0158. The summed E-state index contributed by atoms with van der Waals surface area (Å²) in [6, 6.07) is 7.19. The Hall–Kier alpha value is -3.31. The fraction of sp³-hybridized carbons (Fsp3) is 0.286. The van der Waals surface area contributed by atoms with Gasteiger partial charge in [0.25, 0.3) is 5.91 Å². The highest BCUT2D eigenvalue weighted by Crippen LogP contribution is 2.35. The molecule has 0 aliphatic carbocycles. The van der Waals surface area contributed by atoms with E-state index in [1.165, 1.54) is 41.0 Å². The Morgan fingerprint density at radius 3 is 2.78 bits per heavy atom. The largest absolute Gasteiger partial charge is 0.385 e. The Kier molecular flexibility index (Phi) is 4.94. The SMILES string of the molecule is Nc1c2c(nn1C(=O)C1CCNc3ccc(F)cc31)CN(S(=O)(=O)c1ccncc1)CC2. The molecule has 3 aromatic rings. The van der Waals surface area contributed by atoms with Crippen molar-refractivity contribution in [3.8, 4) is 0 Å². The van der Waals surface area contributed by atoms with Gasteiger partial charge in [0.15, 0.2) is 0 Å². The molecule has 0 spiro atoms. The zero-order chi connectivity index (χ0) is 22.5. The summed E-state index contributed by atoms with van der Waals surface area (Å²) in [4.78, 5) is 17.3. The van der Waals surface area contributed by atoms with E-state index in [0.717, 1.165) is 4.68 Å². The van der Waals surface area contributed by atoms with Crippen molar-refractivity contribution in [1.29, 1.82) is 0 Å². The lowest BCUT2D eigenvalue weighted by atomic mass is 9.90. The number of nitrogens with two attached hydrogens (primary N) is 1. The van der Waals surface area contributed by atoms with Crippen LogP contribution in [0.5, 0.6) is 0 Å². The molecular weight excluding hydrogens is 435 g/mol. The van der Waals surface area contributed by atoms with Gasteiger partial charge in [-0.25, -0.2) is 12.8 Å². The maximum Gasteiger partial charge on any atom is 0.256 e. The Morgan fingerprint density at radius 1 is 1.22 bits per heavy atom. The molecule has 0 radical (unpaired) electrons. The van der Waals surface area contributed by atoms with Gasteiger partial charge in [0.1, 0.15) is 11.6 Å². The third-order valence-electron chi connectivity index (χ3n) is 5.98. The molecular formula is C21H21FN6O3S. The Balaban J connectivity index is 1.46. The lowest BCUT2D eigenvalue weighted by Crippen LogP contribution is -2.36. The van der Waals surface area contributed by atoms with E-state index in [2.05, 4.69) is 15.4 Å². The summed E-state index contributed by atoms with van der Waals surface area (Å²) in [5.41, 5.74) is 8.66. The number of hydrogen-bond donors (Lipinski definition) is 2. The van der Waals surface area contributed by atoms with Crippen LogP contribution in [0.15, 0.2) is 47.6 Å². The minimum Gasteiger partial charge on any atom is -0.385 e. The van der Waals surface area contributed by atoms with Crippen molar-refractivity contribution < 1.29 is 17.6 Å². The monoisotopic (exact) mass is 456 g/mol. The smallest absolute Gasteiger partial charge is 0.256 e. The van der Waals surface area contributed by atoms with Crippen molar-refractivity contribution in [3.63, 3.8) is 0 Å². The van der Waals surface area contributed by atoms with Crippen molar-refractivity contribution in [2.45, 2.75) is 30.2 Å². The highest BCUT2D eigenvalue weighted by Gasteiger charge is 2.35. The number of sulfonamides is 1. The Bertz CT molecular complexity index is 1310. The van der Waals surface area contributed by atoms with Crippen molar-refractivity contribution in [1.82, 2.24) is 19.1 Å². The predicted molar refractivity (Wildman–Crippen MR) is 115 cm³/mol. The number of nitrogens with zero attached hydrogens (tertiary/aromatic N) is 4. The highest BCUT2D eigenvalue weighted by molar-refractivity contribution is 7.89. The van der Waals surface area contributed by atoms with Gasteiger partial charge < -0.3 is 11.1 Å². The molecule has 0 amide bonds. The van der Waals surface area contributed by atoms with Gasteiger partial charge in [-0.05, 0) is 48.7 Å². The number of pyridine rings is 1. The highest BCUT2D eigenvalue weighted by atomic mass is 32.2. The van der Waals surface area contributed by atoms with Crippen LogP contribution < -0.4 is 11.1 Å². The number of halogens is 1. The summed E-state index contributed by atoms with van der Waals surface area (Å²) in [7, 11) is -3.73. The van der Waals surface area contributed by atoms with Gasteiger partial charge in [0.2, 0.25) is 10.0 Å². The lowest BCUT2D eigenvalue weighted by Gasteiger charge is -2.25. The number of rotatable bonds is 3. The van der Waals surface area contributed by atoms with E-state index < -0.39 is 21.8 Å². The number of aromatic nitrogens is 3. The number of carbonyl (C=O) groups is 1. The number of hydrogen-bond acceptors (Lipinski definition) is 7. The summed E-state index contributed by atoms with van der Waals surface area (Å²) >= 11 is 0. The van der Waals surface area contributed by atoms with E-state index in [1.54, 1.807) is 6.07 Å². The van der Waals surface area contributed by atoms with Crippen LogP contribution in [0.3, 0.4) is 0 Å². The lowest BCUT2D eigenvalue weighted by molar-refractivity contribution is 0.0859. The molecule has 32 heavy (non-hydrogen) atoms. The predicted octanol–water partition coefficient (Wildman–Crippen LogP) is 1.99. The van der Waals surface area contributed by atoms with E-state index in [-0.39, 0.29) is 29.7 Å². The van der Waals surface area contributed by atoms with E-state index in [0.29, 0.717) is 41.9 Å². The molecule has 3 N–H and O–H groups in total. The Labute approximate surface area is 184 Å². The third kappa shape index (κ3) is 3.33. The number of fused-ring (bicyclic) bond motifs is 2. The number of carbonyl (C=O) groups excluding carboxylic acids is 1. The Morgan fingerprint density at radius 2 is 2.00 bits per heavy atom.